The van der Waals surface area contributed by atoms with Gasteiger partial charge >= 0.3 is 0 Å². The van der Waals surface area contributed by atoms with Crippen molar-refractivity contribution in [1.29, 1.82) is 0 Å². The number of carbonyl (C=O) groups is 1. The normalized spacial score (nSPS) is 10.4. The zero-order valence-corrected chi connectivity index (χ0v) is 5.13. The second kappa shape index (κ2) is 3.66. The molecule has 0 aromatic heterocycles. The molecule has 0 unspecified atom stereocenters. The number of hydrogen-bond acceptors (Lipinski definition) is 1. The summed E-state index contributed by atoms with van der Waals surface area (Å²) in [7, 11) is 0. The molecule has 2 nitrogen and oxygen atoms in total. The predicted molar refractivity (Wildman–Crippen MR) is 37.7 cm³/mol. The second-order valence-corrected chi connectivity index (χ2v) is 1.43. The van der Waals surface area contributed by atoms with E-state index in [9.17, 15) is 4.79 Å². The minimum Gasteiger partial charge on any atom is -0.366 e. The Morgan fingerprint density at radius 2 is 2.00 bits per heavy atom. The lowest BCUT2D eigenvalue weighted by Gasteiger charge is -1.88. The van der Waals surface area contributed by atoms with Crippen molar-refractivity contribution in [1.82, 2.24) is 0 Å². The van der Waals surface area contributed by atoms with Crippen LogP contribution in [0, 0.1) is 0 Å². The number of amides is 1. The van der Waals surface area contributed by atoms with E-state index < -0.39 is 5.91 Å². The SMILES string of the molecule is C=C/C=C(\C=C)C(N)=O. The van der Waals surface area contributed by atoms with Gasteiger partial charge in [-0.05, 0) is 0 Å². The number of allylic oxidation sites excluding steroid dienone is 2. The van der Waals surface area contributed by atoms with Gasteiger partial charge in [-0.15, -0.1) is 0 Å². The Bertz CT molecular complexity index is 168. The van der Waals surface area contributed by atoms with Crippen molar-refractivity contribution in [3.05, 3.63) is 37.0 Å². The maximum atomic E-state index is 10.4. The first-order valence-electron chi connectivity index (χ1n) is 2.47. The Hall–Kier alpha value is -1.31. The molecule has 1 amide bonds. The zero-order valence-electron chi connectivity index (χ0n) is 5.13. The third-order valence-electron chi connectivity index (χ3n) is 0.802. The molecule has 0 aliphatic carbocycles. The van der Waals surface area contributed by atoms with E-state index >= 15 is 0 Å². The number of primary amides is 1. The second-order valence-electron chi connectivity index (χ2n) is 1.43. The molecule has 48 valence electrons. The Morgan fingerprint density at radius 1 is 1.44 bits per heavy atom. The van der Waals surface area contributed by atoms with Crippen LogP contribution in [0.4, 0.5) is 0 Å². The highest BCUT2D eigenvalue weighted by Crippen LogP contribution is 1.92. The molecule has 0 aromatic rings. The van der Waals surface area contributed by atoms with E-state index in [0.717, 1.165) is 0 Å². The molecule has 0 atom stereocenters. The third-order valence-corrected chi connectivity index (χ3v) is 0.802. The van der Waals surface area contributed by atoms with Crippen LogP contribution < -0.4 is 5.73 Å². The lowest BCUT2D eigenvalue weighted by atomic mass is 10.2. The number of carbonyl (C=O) groups excluding carboxylic acids is 1. The van der Waals surface area contributed by atoms with Crippen LogP contribution in [0.1, 0.15) is 0 Å². The molecule has 0 saturated heterocycles. The minimum absolute atomic E-state index is 0.380. The summed E-state index contributed by atoms with van der Waals surface area (Å²) in [6, 6.07) is 0. The first-order valence-corrected chi connectivity index (χ1v) is 2.47. The molecule has 0 aromatic carbocycles. The first kappa shape index (κ1) is 7.69. The molecule has 9 heavy (non-hydrogen) atoms. The van der Waals surface area contributed by atoms with Crippen molar-refractivity contribution in [3.8, 4) is 0 Å². The quantitative estimate of drug-likeness (QED) is 0.437. The fraction of sp³-hybridized carbons (Fsp3) is 0. The minimum atomic E-state index is -0.482. The van der Waals surface area contributed by atoms with Crippen molar-refractivity contribution in [2.75, 3.05) is 0 Å². The fourth-order valence-electron chi connectivity index (χ4n) is 0.378. The van der Waals surface area contributed by atoms with Gasteiger partial charge in [0.1, 0.15) is 0 Å². The van der Waals surface area contributed by atoms with Crippen molar-refractivity contribution in [2.24, 2.45) is 5.73 Å². The summed E-state index contributed by atoms with van der Waals surface area (Å²) in [6.07, 6.45) is 4.39. The highest BCUT2D eigenvalue weighted by molar-refractivity contribution is 5.94. The summed E-state index contributed by atoms with van der Waals surface area (Å²) in [6.45, 7) is 6.78. The van der Waals surface area contributed by atoms with Crippen molar-refractivity contribution < 1.29 is 4.79 Å². The van der Waals surface area contributed by atoms with Gasteiger partial charge in [0.05, 0.1) is 0 Å². The summed E-state index contributed by atoms with van der Waals surface area (Å²) >= 11 is 0. The Balaban J connectivity index is 4.32. The van der Waals surface area contributed by atoms with E-state index in [1.165, 1.54) is 18.2 Å². The topological polar surface area (TPSA) is 43.1 Å². The van der Waals surface area contributed by atoms with Crippen LogP contribution in [0.3, 0.4) is 0 Å². The van der Waals surface area contributed by atoms with Gasteiger partial charge in [-0.2, -0.15) is 0 Å². The molecule has 0 heterocycles. The molecule has 0 aliphatic rings. The van der Waals surface area contributed by atoms with E-state index in [4.69, 9.17) is 5.73 Å². The zero-order chi connectivity index (χ0) is 7.28. The number of nitrogens with two attached hydrogens (primary N) is 1. The van der Waals surface area contributed by atoms with Gasteiger partial charge in [0.25, 0.3) is 0 Å². The van der Waals surface area contributed by atoms with Crippen molar-refractivity contribution in [2.45, 2.75) is 0 Å². The molecule has 0 rings (SSSR count). The fourth-order valence-corrected chi connectivity index (χ4v) is 0.378. The van der Waals surface area contributed by atoms with Crippen LogP contribution in [0.25, 0.3) is 0 Å². The van der Waals surface area contributed by atoms with E-state index in [-0.39, 0.29) is 0 Å². The largest absolute Gasteiger partial charge is 0.366 e. The molecular formula is C7H9NO. The molecule has 0 spiro atoms. The summed E-state index contributed by atoms with van der Waals surface area (Å²) in [4.78, 5) is 10.4. The number of rotatable bonds is 3. The highest BCUT2D eigenvalue weighted by atomic mass is 16.1. The third kappa shape index (κ3) is 2.49. The molecular weight excluding hydrogens is 114 g/mol. The molecule has 0 radical (unpaired) electrons. The maximum absolute atomic E-state index is 10.4. The van der Waals surface area contributed by atoms with Crippen LogP contribution in [-0.2, 0) is 4.79 Å². The predicted octanol–water partition coefficient (Wildman–Crippen LogP) is 0.770. The lowest BCUT2D eigenvalue weighted by Crippen LogP contribution is -2.11. The van der Waals surface area contributed by atoms with E-state index in [1.54, 1.807) is 0 Å². The maximum Gasteiger partial charge on any atom is 0.248 e. The van der Waals surface area contributed by atoms with E-state index in [1.807, 2.05) is 0 Å². The molecule has 2 heteroatoms. The van der Waals surface area contributed by atoms with Crippen molar-refractivity contribution >= 4 is 5.91 Å². The standard InChI is InChI=1S/C7H9NO/c1-3-5-6(4-2)7(8)9/h3-5H,1-2H2,(H2,8,9)/b6-5+. The van der Waals surface area contributed by atoms with Crippen molar-refractivity contribution in [3.63, 3.8) is 0 Å². The Kier molecular flexibility index (Phi) is 3.13. The summed E-state index contributed by atoms with van der Waals surface area (Å²) in [5.41, 5.74) is 5.29. The lowest BCUT2D eigenvalue weighted by molar-refractivity contribution is -0.114. The summed E-state index contributed by atoms with van der Waals surface area (Å²) in [5, 5.41) is 0. The van der Waals surface area contributed by atoms with Gasteiger partial charge in [0.2, 0.25) is 5.91 Å². The van der Waals surface area contributed by atoms with Gasteiger partial charge < -0.3 is 5.73 Å². The number of hydrogen-bond donors (Lipinski definition) is 1. The Morgan fingerprint density at radius 3 is 2.11 bits per heavy atom. The average molecular weight is 123 g/mol. The van der Waals surface area contributed by atoms with E-state index in [2.05, 4.69) is 13.2 Å². The molecule has 0 fully saturated rings. The average Bonchev–Trinajstić information content (AvgIpc) is 1.82. The van der Waals surface area contributed by atoms with Gasteiger partial charge in [0.15, 0.2) is 0 Å². The highest BCUT2D eigenvalue weighted by Gasteiger charge is 1.94. The molecule has 2 N–H and O–H groups in total. The summed E-state index contributed by atoms with van der Waals surface area (Å²) in [5.74, 6) is -0.482. The van der Waals surface area contributed by atoms with Gasteiger partial charge in [-0.1, -0.05) is 31.4 Å². The van der Waals surface area contributed by atoms with Crippen LogP contribution in [0.5, 0.6) is 0 Å². The van der Waals surface area contributed by atoms with Crippen LogP contribution >= 0.6 is 0 Å². The monoisotopic (exact) mass is 123 g/mol. The molecule has 0 saturated carbocycles. The summed E-state index contributed by atoms with van der Waals surface area (Å²) < 4.78 is 0. The van der Waals surface area contributed by atoms with Gasteiger partial charge in [-0.25, -0.2) is 0 Å². The van der Waals surface area contributed by atoms with Crippen LogP contribution in [0.15, 0.2) is 37.0 Å². The van der Waals surface area contributed by atoms with Gasteiger partial charge in [0, 0.05) is 5.57 Å². The van der Waals surface area contributed by atoms with E-state index in [0.29, 0.717) is 5.57 Å². The van der Waals surface area contributed by atoms with Gasteiger partial charge in [-0.3, -0.25) is 4.79 Å². The Labute approximate surface area is 54.4 Å². The molecule has 0 bridgehead atoms. The first-order chi connectivity index (χ1) is 4.22. The molecule has 0 aliphatic heterocycles. The van der Waals surface area contributed by atoms with Crippen LogP contribution in [-0.4, -0.2) is 5.91 Å². The smallest absolute Gasteiger partial charge is 0.248 e. The van der Waals surface area contributed by atoms with Crippen LogP contribution in [0.2, 0.25) is 0 Å².